The fourth-order valence-electron chi connectivity index (χ4n) is 3.05. The van der Waals surface area contributed by atoms with Crippen LogP contribution in [0.4, 0.5) is 0 Å². The molecule has 3 atom stereocenters. The lowest BCUT2D eigenvalue weighted by Crippen LogP contribution is -2.38. The molecule has 6 heteroatoms. The van der Waals surface area contributed by atoms with E-state index in [1.807, 2.05) is 37.3 Å². The number of rotatable bonds is 7. The predicted molar refractivity (Wildman–Crippen MR) is 109 cm³/mol. The summed E-state index contributed by atoms with van der Waals surface area (Å²) < 4.78 is 27.2. The van der Waals surface area contributed by atoms with Gasteiger partial charge in [0.25, 0.3) is 0 Å². The van der Waals surface area contributed by atoms with Gasteiger partial charge >= 0.3 is 0 Å². The first kappa shape index (κ1) is 19.9. The van der Waals surface area contributed by atoms with Gasteiger partial charge in [-0.3, -0.25) is 0 Å². The van der Waals surface area contributed by atoms with E-state index < -0.39 is 11.0 Å². The van der Waals surface area contributed by atoms with E-state index in [-0.39, 0.29) is 12.2 Å². The van der Waals surface area contributed by atoms with Crippen LogP contribution in [0.5, 0.6) is 0 Å². The maximum absolute atomic E-state index is 11.2. The Kier molecular flexibility index (Phi) is 7.29. The molecule has 2 aromatic carbocycles. The predicted octanol–water partition coefficient (Wildman–Crippen LogP) is 3.04. The van der Waals surface area contributed by atoms with Gasteiger partial charge in [0.1, 0.15) is 17.1 Å². The Bertz CT molecular complexity index is 778. The number of nitrogens with zero attached hydrogens (tertiary/aromatic N) is 1. The monoisotopic (exact) mass is 386 g/mol. The maximum Gasteiger partial charge on any atom is 0.136 e. The molecule has 1 aliphatic rings. The van der Waals surface area contributed by atoms with Crippen LogP contribution in [0.25, 0.3) is 0 Å². The van der Waals surface area contributed by atoms with E-state index in [2.05, 4.69) is 34.0 Å². The maximum atomic E-state index is 11.2. The van der Waals surface area contributed by atoms with Crippen LogP contribution < -0.4 is 5.32 Å². The highest BCUT2D eigenvalue weighted by Crippen LogP contribution is 2.23. The summed E-state index contributed by atoms with van der Waals surface area (Å²) in [5, 5.41) is 3.44. The van der Waals surface area contributed by atoms with E-state index in [1.165, 1.54) is 5.56 Å². The summed E-state index contributed by atoms with van der Waals surface area (Å²) in [5.74, 6) is 0. The quantitative estimate of drug-likeness (QED) is 0.743. The standard InChI is InChI=1S/C21H26N2O3S/c1-16(23-27(2)24)18-10-8-17(9-11-18)12-22-13-20-14-25-15-21(26-20)19-6-4-3-5-7-19/h3-11,20-22H,12-15H2,1-2H3. The lowest BCUT2D eigenvalue weighted by molar-refractivity contribution is -0.138. The molecule has 0 aromatic heterocycles. The number of ether oxygens (including phenoxy) is 2. The molecule has 1 fully saturated rings. The zero-order chi connectivity index (χ0) is 19.1. The second-order valence-corrected chi connectivity index (χ2v) is 7.65. The van der Waals surface area contributed by atoms with Crippen LogP contribution in [0, 0.1) is 0 Å². The van der Waals surface area contributed by atoms with E-state index in [1.54, 1.807) is 6.26 Å². The average Bonchev–Trinajstić information content (AvgIpc) is 2.69. The van der Waals surface area contributed by atoms with Crippen LogP contribution >= 0.6 is 0 Å². The van der Waals surface area contributed by atoms with Crippen LogP contribution in [0.1, 0.15) is 29.7 Å². The van der Waals surface area contributed by atoms with Gasteiger partial charge in [0.15, 0.2) is 0 Å². The van der Waals surface area contributed by atoms with Crippen LogP contribution in [-0.4, -0.2) is 42.0 Å². The second kappa shape index (κ2) is 9.90. The van der Waals surface area contributed by atoms with Crippen molar-refractivity contribution in [1.82, 2.24) is 5.32 Å². The Hall–Kier alpha value is -1.86. The SMILES string of the molecule is CC(=NS(C)=O)c1ccc(CNCC2COCC(c3ccccc3)O2)cc1. The highest BCUT2D eigenvalue weighted by atomic mass is 32.2. The number of hydrogen-bond acceptors (Lipinski definition) is 4. The third-order valence-electron chi connectivity index (χ3n) is 4.44. The average molecular weight is 387 g/mol. The summed E-state index contributed by atoms with van der Waals surface area (Å²) in [6, 6.07) is 18.3. The molecule has 1 saturated heterocycles. The molecule has 1 N–H and O–H groups in total. The zero-order valence-electron chi connectivity index (χ0n) is 15.8. The molecule has 27 heavy (non-hydrogen) atoms. The number of benzene rings is 2. The minimum Gasteiger partial charge on any atom is -0.376 e. The van der Waals surface area contributed by atoms with E-state index in [9.17, 15) is 4.21 Å². The lowest BCUT2D eigenvalue weighted by Gasteiger charge is -2.30. The first-order chi connectivity index (χ1) is 13.1. The van der Waals surface area contributed by atoms with Crippen molar-refractivity contribution in [2.24, 2.45) is 4.40 Å². The normalized spacial score (nSPS) is 21.8. The number of hydrogen-bond donors (Lipinski definition) is 1. The van der Waals surface area contributed by atoms with Gasteiger partial charge in [-0.2, -0.15) is 4.40 Å². The van der Waals surface area contributed by atoms with E-state index >= 15 is 0 Å². The first-order valence-electron chi connectivity index (χ1n) is 9.09. The molecular formula is C21H26N2O3S. The molecule has 3 unspecified atom stereocenters. The van der Waals surface area contributed by atoms with Crippen molar-refractivity contribution in [1.29, 1.82) is 0 Å². The van der Waals surface area contributed by atoms with Gasteiger partial charge < -0.3 is 14.8 Å². The minimum atomic E-state index is -1.18. The van der Waals surface area contributed by atoms with Crippen molar-refractivity contribution >= 4 is 16.7 Å². The lowest BCUT2D eigenvalue weighted by atomic mass is 10.1. The van der Waals surface area contributed by atoms with Gasteiger partial charge in [0, 0.05) is 19.3 Å². The molecule has 3 rings (SSSR count). The van der Waals surface area contributed by atoms with Gasteiger partial charge in [-0.25, -0.2) is 4.21 Å². The molecule has 2 aromatic rings. The zero-order valence-corrected chi connectivity index (χ0v) is 16.6. The van der Waals surface area contributed by atoms with E-state index in [0.717, 1.165) is 29.9 Å². The smallest absolute Gasteiger partial charge is 0.136 e. The van der Waals surface area contributed by atoms with E-state index in [4.69, 9.17) is 9.47 Å². The molecule has 0 spiro atoms. The summed E-state index contributed by atoms with van der Waals surface area (Å²) >= 11 is 0. The Labute approximate surface area is 163 Å². The third kappa shape index (κ3) is 6.07. The fraction of sp³-hybridized carbons (Fsp3) is 0.381. The molecule has 1 aliphatic heterocycles. The van der Waals surface area contributed by atoms with Crippen molar-refractivity contribution < 1.29 is 13.7 Å². The molecule has 0 amide bonds. The van der Waals surface area contributed by atoms with Crippen molar-refractivity contribution in [3.05, 3.63) is 71.3 Å². The van der Waals surface area contributed by atoms with Gasteiger partial charge in [0.2, 0.25) is 0 Å². The van der Waals surface area contributed by atoms with Crippen LogP contribution in [-0.2, 0) is 27.0 Å². The molecule has 0 aliphatic carbocycles. The van der Waals surface area contributed by atoms with Gasteiger partial charge in [-0.1, -0.05) is 54.6 Å². The van der Waals surface area contributed by atoms with Gasteiger partial charge in [-0.15, -0.1) is 0 Å². The second-order valence-electron chi connectivity index (χ2n) is 6.62. The molecule has 1 heterocycles. The summed E-state index contributed by atoms with van der Waals surface area (Å²) in [5.41, 5.74) is 4.11. The van der Waals surface area contributed by atoms with Crippen molar-refractivity contribution in [3.8, 4) is 0 Å². The molecule has 0 bridgehead atoms. The van der Waals surface area contributed by atoms with Gasteiger partial charge in [0.05, 0.1) is 25.0 Å². The van der Waals surface area contributed by atoms with Crippen LogP contribution in [0.3, 0.4) is 0 Å². The van der Waals surface area contributed by atoms with Crippen LogP contribution in [0.2, 0.25) is 0 Å². The molecule has 144 valence electrons. The topological polar surface area (TPSA) is 59.9 Å². The largest absolute Gasteiger partial charge is 0.376 e. The Morgan fingerprint density at radius 2 is 1.89 bits per heavy atom. The Morgan fingerprint density at radius 3 is 2.59 bits per heavy atom. The summed E-state index contributed by atoms with van der Waals surface area (Å²) in [6.07, 6.45) is 1.61. The Balaban J connectivity index is 1.47. The Morgan fingerprint density at radius 1 is 1.15 bits per heavy atom. The van der Waals surface area contributed by atoms with Crippen molar-refractivity contribution in [2.45, 2.75) is 25.7 Å². The molecule has 5 nitrogen and oxygen atoms in total. The number of nitrogens with one attached hydrogen (secondary N) is 1. The fourth-order valence-corrected chi connectivity index (χ4v) is 3.54. The summed E-state index contributed by atoms with van der Waals surface area (Å²) in [7, 11) is -1.18. The molecule has 0 radical (unpaired) electrons. The highest BCUT2D eigenvalue weighted by Gasteiger charge is 2.23. The van der Waals surface area contributed by atoms with Crippen molar-refractivity contribution in [3.63, 3.8) is 0 Å². The van der Waals surface area contributed by atoms with Crippen LogP contribution in [0.15, 0.2) is 59.0 Å². The molecular weight excluding hydrogens is 360 g/mol. The van der Waals surface area contributed by atoms with Gasteiger partial charge in [-0.05, 0) is 23.6 Å². The molecule has 0 saturated carbocycles. The first-order valence-corrected chi connectivity index (χ1v) is 10.6. The van der Waals surface area contributed by atoms with Crippen molar-refractivity contribution in [2.75, 3.05) is 26.0 Å². The summed E-state index contributed by atoms with van der Waals surface area (Å²) in [4.78, 5) is 0. The third-order valence-corrected chi connectivity index (χ3v) is 4.97. The minimum absolute atomic E-state index is 0.00240. The highest BCUT2D eigenvalue weighted by molar-refractivity contribution is 7.83. The summed E-state index contributed by atoms with van der Waals surface area (Å²) in [6.45, 7) is 4.58. The van der Waals surface area contributed by atoms with E-state index in [0.29, 0.717) is 13.2 Å².